The molecule has 0 fully saturated rings. The van der Waals surface area contributed by atoms with Gasteiger partial charge in [-0.2, -0.15) is 0 Å². The molecule has 1 aliphatic heterocycles. The van der Waals surface area contributed by atoms with Crippen molar-refractivity contribution < 1.29 is 0 Å². The summed E-state index contributed by atoms with van der Waals surface area (Å²) in [5, 5.41) is 4.54. The van der Waals surface area contributed by atoms with E-state index in [1.54, 1.807) is 6.33 Å². The standard InChI is InChI=1S/C27H30N6/c1-3-32-13-15-33(16-14-32)18-21-9-11-23(12-10-21)25-17-24-26(28-19-29-27(24)31-25)30-20(2)22-7-5-4-6-8-22/h4-13,15,17,19-20H,3,14,16,18H2,1-2H3,(H2,28,29,30,31)/t20-/m1/s1. The molecule has 1 aliphatic rings. The lowest BCUT2D eigenvalue weighted by molar-refractivity contribution is 0.263. The summed E-state index contributed by atoms with van der Waals surface area (Å²) in [6.45, 7) is 8.47. The maximum absolute atomic E-state index is 4.51. The van der Waals surface area contributed by atoms with E-state index in [4.69, 9.17) is 0 Å². The predicted molar refractivity (Wildman–Crippen MR) is 135 cm³/mol. The van der Waals surface area contributed by atoms with Gasteiger partial charge in [-0.15, -0.1) is 0 Å². The van der Waals surface area contributed by atoms with E-state index in [1.165, 1.54) is 11.1 Å². The number of nitrogens with zero attached hydrogens (tertiary/aromatic N) is 4. The molecule has 5 rings (SSSR count). The van der Waals surface area contributed by atoms with Crippen LogP contribution in [0.3, 0.4) is 0 Å². The highest BCUT2D eigenvalue weighted by molar-refractivity contribution is 5.91. The molecule has 6 nitrogen and oxygen atoms in total. The number of H-pyrrole nitrogens is 1. The highest BCUT2D eigenvalue weighted by atomic mass is 15.2. The third-order valence-electron chi connectivity index (χ3n) is 6.30. The van der Waals surface area contributed by atoms with Gasteiger partial charge in [-0.1, -0.05) is 54.6 Å². The lowest BCUT2D eigenvalue weighted by Gasteiger charge is -2.30. The molecule has 2 aromatic heterocycles. The Morgan fingerprint density at radius 1 is 0.970 bits per heavy atom. The van der Waals surface area contributed by atoms with E-state index in [0.717, 1.165) is 54.3 Å². The zero-order valence-corrected chi connectivity index (χ0v) is 19.2. The third-order valence-corrected chi connectivity index (χ3v) is 6.30. The first-order chi connectivity index (χ1) is 16.2. The Bertz CT molecular complexity index is 1230. The molecule has 168 valence electrons. The molecule has 4 aromatic rings. The normalized spacial score (nSPS) is 14.6. The Kier molecular flexibility index (Phi) is 5.98. The molecule has 2 N–H and O–H groups in total. The molecule has 3 heterocycles. The molecule has 0 aliphatic carbocycles. The number of hydrogen-bond acceptors (Lipinski definition) is 5. The quantitative estimate of drug-likeness (QED) is 0.404. The van der Waals surface area contributed by atoms with Gasteiger partial charge in [0, 0.05) is 50.3 Å². The SMILES string of the molecule is CCN1C=CN(Cc2ccc(-c3cc4c(N[C@H](C)c5ccccc5)ncnc4[nH]3)cc2)CC1. The summed E-state index contributed by atoms with van der Waals surface area (Å²) in [5.41, 5.74) is 5.56. The van der Waals surface area contributed by atoms with E-state index in [1.807, 2.05) is 6.07 Å². The maximum Gasteiger partial charge on any atom is 0.143 e. The van der Waals surface area contributed by atoms with Gasteiger partial charge in [0.1, 0.15) is 17.8 Å². The number of rotatable bonds is 7. The van der Waals surface area contributed by atoms with Crippen molar-refractivity contribution in [3.63, 3.8) is 0 Å². The Morgan fingerprint density at radius 3 is 2.45 bits per heavy atom. The first kappa shape index (κ1) is 21.1. The lowest BCUT2D eigenvalue weighted by atomic mass is 10.1. The average molecular weight is 439 g/mol. The summed E-state index contributed by atoms with van der Waals surface area (Å²) in [6, 6.07) is 21.5. The van der Waals surface area contributed by atoms with Gasteiger partial charge in [-0.25, -0.2) is 9.97 Å². The van der Waals surface area contributed by atoms with Crippen molar-refractivity contribution in [3.8, 4) is 11.3 Å². The largest absolute Gasteiger partial charge is 0.375 e. The third kappa shape index (κ3) is 4.70. The summed E-state index contributed by atoms with van der Waals surface area (Å²) < 4.78 is 0. The van der Waals surface area contributed by atoms with Crippen molar-refractivity contribution in [3.05, 3.63) is 90.5 Å². The highest BCUT2D eigenvalue weighted by Gasteiger charge is 2.13. The summed E-state index contributed by atoms with van der Waals surface area (Å²) in [6.07, 6.45) is 5.99. The molecule has 0 saturated heterocycles. The monoisotopic (exact) mass is 438 g/mol. The van der Waals surface area contributed by atoms with E-state index in [-0.39, 0.29) is 6.04 Å². The van der Waals surface area contributed by atoms with Crippen LogP contribution in [0.2, 0.25) is 0 Å². The van der Waals surface area contributed by atoms with Crippen LogP contribution in [0, 0.1) is 0 Å². The second-order valence-electron chi connectivity index (χ2n) is 8.54. The minimum Gasteiger partial charge on any atom is -0.375 e. The highest BCUT2D eigenvalue weighted by Crippen LogP contribution is 2.29. The molecule has 0 unspecified atom stereocenters. The molecule has 0 radical (unpaired) electrons. The van der Waals surface area contributed by atoms with Crippen LogP contribution in [0.25, 0.3) is 22.3 Å². The van der Waals surface area contributed by atoms with Gasteiger partial charge in [-0.3, -0.25) is 0 Å². The predicted octanol–water partition coefficient (Wildman–Crippen LogP) is 5.41. The number of likely N-dealkylation sites (N-methyl/N-ethyl adjacent to an activating group) is 1. The van der Waals surface area contributed by atoms with Crippen LogP contribution in [0.5, 0.6) is 0 Å². The molecule has 0 spiro atoms. The van der Waals surface area contributed by atoms with Crippen molar-refractivity contribution in [2.75, 3.05) is 25.0 Å². The molecule has 33 heavy (non-hydrogen) atoms. The van der Waals surface area contributed by atoms with Gasteiger partial charge < -0.3 is 20.1 Å². The second kappa shape index (κ2) is 9.36. The van der Waals surface area contributed by atoms with Crippen molar-refractivity contribution >= 4 is 16.9 Å². The van der Waals surface area contributed by atoms with Crippen molar-refractivity contribution in [1.82, 2.24) is 24.8 Å². The van der Waals surface area contributed by atoms with E-state index in [0.29, 0.717) is 0 Å². The van der Waals surface area contributed by atoms with Crippen LogP contribution in [-0.2, 0) is 6.54 Å². The molecule has 6 heteroatoms. The summed E-state index contributed by atoms with van der Waals surface area (Å²) >= 11 is 0. The van der Waals surface area contributed by atoms with Gasteiger partial charge in [0.05, 0.1) is 5.39 Å². The Balaban J connectivity index is 1.32. The molecular formula is C27H30N6. The number of hydrogen-bond donors (Lipinski definition) is 2. The van der Waals surface area contributed by atoms with Crippen molar-refractivity contribution in [2.45, 2.75) is 26.4 Å². The van der Waals surface area contributed by atoms with Crippen LogP contribution in [-0.4, -0.2) is 44.4 Å². The van der Waals surface area contributed by atoms with E-state index in [2.05, 4.69) is 111 Å². The Labute approximate surface area is 195 Å². The molecular weight excluding hydrogens is 408 g/mol. The van der Waals surface area contributed by atoms with Crippen LogP contribution < -0.4 is 5.32 Å². The molecule has 0 saturated carbocycles. The van der Waals surface area contributed by atoms with Crippen LogP contribution >= 0.6 is 0 Å². The minimum absolute atomic E-state index is 0.148. The van der Waals surface area contributed by atoms with Crippen molar-refractivity contribution in [2.24, 2.45) is 0 Å². The first-order valence-electron chi connectivity index (χ1n) is 11.6. The molecule has 2 aromatic carbocycles. The Hall–Kier alpha value is -3.80. The summed E-state index contributed by atoms with van der Waals surface area (Å²) in [5.74, 6) is 0.841. The van der Waals surface area contributed by atoms with Crippen molar-refractivity contribution in [1.29, 1.82) is 0 Å². The number of benzene rings is 2. The molecule has 0 bridgehead atoms. The maximum atomic E-state index is 4.51. The second-order valence-corrected chi connectivity index (χ2v) is 8.54. The fraction of sp³-hybridized carbons (Fsp3) is 0.259. The van der Waals surface area contributed by atoms with Gasteiger partial charge in [0.25, 0.3) is 0 Å². The zero-order chi connectivity index (χ0) is 22.6. The zero-order valence-electron chi connectivity index (χ0n) is 19.2. The number of nitrogens with one attached hydrogen (secondary N) is 2. The minimum atomic E-state index is 0.148. The summed E-state index contributed by atoms with van der Waals surface area (Å²) in [4.78, 5) is 17.1. The summed E-state index contributed by atoms with van der Waals surface area (Å²) in [7, 11) is 0. The number of aromatic amines is 1. The molecule has 1 atom stereocenters. The fourth-order valence-electron chi connectivity index (χ4n) is 4.25. The fourth-order valence-corrected chi connectivity index (χ4v) is 4.25. The van der Waals surface area contributed by atoms with Gasteiger partial charge in [-0.05, 0) is 36.6 Å². The number of fused-ring (bicyclic) bond motifs is 1. The van der Waals surface area contributed by atoms with E-state index in [9.17, 15) is 0 Å². The van der Waals surface area contributed by atoms with E-state index >= 15 is 0 Å². The van der Waals surface area contributed by atoms with Crippen LogP contribution in [0.1, 0.15) is 31.0 Å². The van der Waals surface area contributed by atoms with Crippen LogP contribution in [0.4, 0.5) is 5.82 Å². The van der Waals surface area contributed by atoms with Gasteiger partial charge in [0.2, 0.25) is 0 Å². The van der Waals surface area contributed by atoms with Gasteiger partial charge >= 0.3 is 0 Å². The Morgan fingerprint density at radius 2 is 1.73 bits per heavy atom. The average Bonchev–Trinajstić information content (AvgIpc) is 3.31. The topological polar surface area (TPSA) is 60.1 Å². The van der Waals surface area contributed by atoms with Crippen LogP contribution in [0.15, 0.2) is 79.4 Å². The first-order valence-corrected chi connectivity index (χ1v) is 11.6. The van der Waals surface area contributed by atoms with E-state index < -0.39 is 0 Å². The van der Waals surface area contributed by atoms with Gasteiger partial charge in [0.15, 0.2) is 0 Å². The number of aromatic nitrogens is 3. The molecule has 0 amide bonds. The lowest BCUT2D eigenvalue weighted by Crippen LogP contribution is -2.34. The number of anilines is 1. The smallest absolute Gasteiger partial charge is 0.143 e.